The van der Waals surface area contributed by atoms with E-state index in [1.807, 2.05) is 33.3 Å². The molecule has 1 amide bonds. The zero-order valence-electron chi connectivity index (χ0n) is 46.0. The Bertz CT molecular complexity index is 1330. The van der Waals surface area contributed by atoms with E-state index >= 15 is 0 Å². The Kier molecular flexibility index (Phi) is 48.1. The Hall–Kier alpha value is -2.03. The Balaban J connectivity index is 5.36. The number of carbonyl (C=O) groups excluding carboxylic acids is 2. The van der Waals surface area contributed by atoms with Crippen LogP contribution in [0.15, 0.2) is 48.6 Å². The summed E-state index contributed by atoms with van der Waals surface area (Å²) in [6.45, 7) is 6.72. The van der Waals surface area contributed by atoms with Crippen molar-refractivity contribution in [2.45, 2.75) is 277 Å². The summed E-state index contributed by atoms with van der Waals surface area (Å²) in [6, 6.07) is -0.891. The lowest BCUT2D eigenvalue weighted by Crippen LogP contribution is -2.47. The fourth-order valence-electron chi connectivity index (χ4n) is 8.35. The predicted octanol–water partition coefficient (Wildman–Crippen LogP) is 16.7. The van der Waals surface area contributed by atoms with Crippen LogP contribution in [0.5, 0.6) is 0 Å². The van der Waals surface area contributed by atoms with E-state index in [-0.39, 0.29) is 24.9 Å². The summed E-state index contributed by atoms with van der Waals surface area (Å²) in [5.41, 5.74) is 0. The van der Waals surface area contributed by atoms with Gasteiger partial charge in [0.1, 0.15) is 19.3 Å². The van der Waals surface area contributed by atoms with E-state index in [1.165, 1.54) is 154 Å². The van der Waals surface area contributed by atoms with Crippen molar-refractivity contribution in [3.8, 4) is 0 Å². The number of unbranched alkanes of at least 4 members (excludes halogenated alkanes) is 32. The number of amides is 1. The number of nitrogens with zero attached hydrogens (tertiary/aromatic N) is 1. The lowest BCUT2D eigenvalue weighted by molar-refractivity contribution is -0.870. The summed E-state index contributed by atoms with van der Waals surface area (Å²) in [6.07, 6.45) is 59.2. The molecule has 0 radical (unpaired) electrons. The number of allylic oxidation sites excluding steroid dienone is 7. The number of hydrogen-bond donors (Lipinski definition) is 1. The largest absolute Gasteiger partial charge is 0.756 e. The van der Waals surface area contributed by atoms with Crippen LogP contribution >= 0.6 is 7.82 Å². The van der Waals surface area contributed by atoms with E-state index in [1.54, 1.807) is 0 Å². The molecular formula is C59H111N2O7P. The molecule has 3 unspecified atom stereocenters. The van der Waals surface area contributed by atoms with Crippen LogP contribution in [0.3, 0.4) is 0 Å². The zero-order valence-corrected chi connectivity index (χ0v) is 46.9. The molecule has 0 aliphatic carbocycles. The van der Waals surface area contributed by atoms with Gasteiger partial charge in [-0.05, 0) is 51.0 Å². The molecule has 0 fully saturated rings. The van der Waals surface area contributed by atoms with Crippen LogP contribution < -0.4 is 10.2 Å². The number of ether oxygens (including phenoxy) is 1. The van der Waals surface area contributed by atoms with Gasteiger partial charge in [0.25, 0.3) is 7.82 Å². The van der Waals surface area contributed by atoms with Gasteiger partial charge in [0.15, 0.2) is 0 Å². The van der Waals surface area contributed by atoms with E-state index in [4.69, 9.17) is 13.8 Å². The highest BCUT2D eigenvalue weighted by Gasteiger charge is 2.27. The van der Waals surface area contributed by atoms with Gasteiger partial charge in [-0.1, -0.05) is 250 Å². The molecule has 1 N–H and O–H groups in total. The summed E-state index contributed by atoms with van der Waals surface area (Å²) in [5.74, 6) is -0.547. The molecule has 0 bridgehead atoms. The van der Waals surface area contributed by atoms with Crippen LogP contribution in [-0.4, -0.2) is 69.4 Å². The highest BCUT2D eigenvalue weighted by Crippen LogP contribution is 2.38. The Morgan fingerprint density at radius 3 is 1.38 bits per heavy atom. The minimum atomic E-state index is -4.69. The molecule has 0 aromatic rings. The molecule has 0 saturated heterocycles. The third kappa shape index (κ3) is 50.7. The fourth-order valence-corrected chi connectivity index (χ4v) is 9.07. The number of quaternary nitrogens is 1. The lowest BCUT2D eigenvalue weighted by atomic mass is 10.0. The molecule has 69 heavy (non-hydrogen) atoms. The lowest BCUT2D eigenvalue weighted by Gasteiger charge is -2.30. The van der Waals surface area contributed by atoms with Crippen LogP contribution in [0.1, 0.15) is 265 Å². The van der Waals surface area contributed by atoms with Crippen molar-refractivity contribution in [2.75, 3.05) is 40.9 Å². The molecular weight excluding hydrogens is 880 g/mol. The van der Waals surface area contributed by atoms with Gasteiger partial charge in [-0.3, -0.25) is 14.2 Å². The van der Waals surface area contributed by atoms with Crippen LogP contribution in [-0.2, 0) is 27.9 Å². The van der Waals surface area contributed by atoms with E-state index < -0.39 is 26.6 Å². The van der Waals surface area contributed by atoms with Gasteiger partial charge in [0.2, 0.25) is 5.91 Å². The standard InChI is InChI=1S/C59H111N2O7P/c1-7-10-13-16-19-22-25-28-30-33-36-39-42-45-48-51-58(62)60-56(55-67-69(64,65)66-54-53-61(4,5)6)57(50-47-44-41-38-35-32-27-24-21-18-15-12-9-3)68-59(63)52-49-46-43-40-37-34-31-29-26-23-20-17-14-11-8-2/h10,13,16,19,22,25,47,50,56-57H,7-9,11-12,14-15,17-18,20-21,23-24,26-46,48-49,51-55H2,1-6H3,(H-,60,62,64,65)/b13-10+,19-16+,25-22+,50-47+. The molecule has 0 spiro atoms. The van der Waals surface area contributed by atoms with E-state index in [0.29, 0.717) is 17.4 Å². The molecule has 0 aromatic carbocycles. The molecule has 0 aromatic heterocycles. The minimum Gasteiger partial charge on any atom is -0.756 e. The highest BCUT2D eigenvalue weighted by atomic mass is 31.2. The van der Waals surface area contributed by atoms with Crippen molar-refractivity contribution in [3.05, 3.63) is 48.6 Å². The van der Waals surface area contributed by atoms with Gasteiger partial charge in [-0.15, -0.1) is 0 Å². The quantitative estimate of drug-likeness (QED) is 0.0161. The van der Waals surface area contributed by atoms with Crippen LogP contribution in [0.25, 0.3) is 0 Å². The maximum Gasteiger partial charge on any atom is 0.306 e. The molecule has 0 saturated carbocycles. The Morgan fingerprint density at radius 1 is 0.522 bits per heavy atom. The molecule has 0 heterocycles. The normalized spacial score (nSPS) is 14.1. The summed E-state index contributed by atoms with van der Waals surface area (Å²) < 4.78 is 30.2. The minimum absolute atomic E-state index is 0.0241. The maximum atomic E-state index is 13.5. The number of phosphoric ester groups is 1. The number of likely N-dealkylation sites (N-methyl/N-ethyl adjacent to an activating group) is 1. The smallest absolute Gasteiger partial charge is 0.306 e. The average Bonchev–Trinajstić information content (AvgIpc) is 3.31. The number of phosphoric acid groups is 1. The second-order valence-electron chi connectivity index (χ2n) is 20.8. The van der Waals surface area contributed by atoms with Crippen molar-refractivity contribution in [1.29, 1.82) is 0 Å². The second-order valence-corrected chi connectivity index (χ2v) is 22.2. The van der Waals surface area contributed by atoms with Gasteiger partial charge >= 0.3 is 5.97 Å². The van der Waals surface area contributed by atoms with Crippen molar-refractivity contribution in [2.24, 2.45) is 0 Å². The van der Waals surface area contributed by atoms with Crippen LogP contribution in [0, 0.1) is 0 Å². The molecule has 9 nitrogen and oxygen atoms in total. The average molecular weight is 992 g/mol. The topological polar surface area (TPSA) is 114 Å². The highest BCUT2D eigenvalue weighted by molar-refractivity contribution is 7.45. The van der Waals surface area contributed by atoms with Gasteiger partial charge in [-0.2, -0.15) is 0 Å². The summed E-state index contributed by atoms with van der Waals surface area (Å²) in [5, 5.41) is 3.02. The van der Waals surface area contributed by atoms with E-state index in [2.05, 4.69) is 62.5 Å². The zero-order chi connectivity index (χ0) is 50.8. The van der Waals surface area contributed by atoms with Crippen molar-refractivity contribution in [1.82, 2.24) is 5.32 Å². The number of hydrogen-bond acceptors (Lipinski definition) is 7. The number of nitrogens with one attached hydrogen (secondary N) is 1. The van der Waals surface area contributed by atoms with Gasteiger partial charge in [0.05, 0.1) is 33.8 Å². The van der Waals surface area contributed by atoms with Crippen molar-refractivity contribution in [3.63, 3.8) is 0 Å². The monoisotopic (exact) mass is 991 g/mol. The molecule has 0 rings (SSSR count). The molecule has 10 heteroatoms. The van der Waals surface area contributed by atoms with Crippen LogP contribution in [0.2, 0.25) is 0 Å². The summed E-state index contributed by atoms with van der Waals surface area (Å²) >= 11 is 0. The van der Waals surface area contributed by atoms with E-state index in [0.717, 1.165) is 77.0 Å². The molecule has 3 atom stereocenters. The third-order valence-electron chi connectivity index (χ3n) is 12.8. The van der Waals surface area contributed by atoms with Gasteiger partial charge < -0.3 is 28.5 Å². The number of esters is 1. The number of rotatable bonds is 52. The SMILES string of the molecule is CC/C=C/C=C/C=C/CCCCCCCCCC(=O)NC(COP(=O)([O-])OCC[N+](C)(C)C)C(/C=C/CCCCCCCCCCCCC)OC(=O)CCCCCCCCCCCCCCCCC. The van der Waals surface area contributed by atoms with Crippen molar-refractivity contribution >= 4 is 19.7 Å². The van der Waals surface area contributed by atoms with Gasteiger partial charge in [0, 0.05) is 12.8 Å². The first-order valence-corrected chi connectivity index (χ1v) is 30.4. The second kappa shape index (κ2) is 49.5. The first-order valence-electron chi connectivity index (χ1n) is 29.0. The third-order valence-corrected chi connectivity index (χ3v) is 13.8. The molecule has 0 aliphatic heterocycles. The first-order chi connectivity index (χ1) is 33.4. The first kappa shape index (κ1) is 67.0. The molecule has 404 valence electrons. The molecule has 0 aliphatic rings. The summed E-state index contributed by atoms with van der Waals surface area (Å²) in [7, 11) is 1.18. The van der Waals surface area contributed by atoms with Gasteiger partial charge in [-0.25, -0.2) is 0 Å². The van der Waals surface area contributed by atoms with Crippen LogP contribution in [0.4, 0.5) is 0 Å². The van der Waals surface area contributed by atoms with E-state index in [9.17, 15) is 19.0 Å². The maximum absolute atomic E-state index is 13.5. The fraction of sp³-hybridized carbons (Fsp3) is 0.831. The Morgan fingerprint density at radius 2 is 0.928 bits per heavy atom. The number of carbonyl (C=O) groups is 2. The predicted molar refractivity (Wildman–Crippen MR) is 293 cm³/mol. The Labute approximate surface area is 427 Å². The summed E-state index contributed by atoms with van der Waals surface area (Å²) in [4.78, 5) is 39.9. The van der Waals surface area contributed by atoms with Crippen molar-refractivity contribution < 1.29 is 37.3 Å².